The Bertz CT molecular complexity index is 197. The zero-order valence-corrected chi connectivity index (χ0v) is 9.79. The molecule has 1 aliphatic rings. The van der Waals surface area contributed by atoms with Crippen LogP contribution in [0, 0.1) is 0 Å². The molecule has 88 valence electrons. The van der Waals surface area contributed by atoms with Gasteiger partial charge in [-0.3, -0.25) is 4.79 Å². The number of carbonyl (C=O) groups is 1. The van der Waals surface area contributed by atoms with E-state index in [-0.39, 0.29) is 11.9 Å². The number of likely N-dealkylation sites (tertiary alicyclic amines) is 1. The lowest BCUT2D eigenvalue weighted by atomic mass is 10.0. The number of hydrogen-bond acceptors (Lipinski definition) is 3. The van der Waals surface area contributed by atoms with Gasteiger partial charge in [0.05, 0.1) is 6.04 Å². The Morgan fingerprint density at radius 1 is 1.60 bits per heavy atom. The van der Waals surface area contributed by atoms with E-state index in [1.165, 1.54) is 0 Å². The Kier molecular flexibility index (Phi) is 5.65. The normalized spacial score (nSPS) is 22.1. The molecule has 0 aromatic rings. The minimum absolute atomic E-state index is 0.0332. The number of nitrogens with one attached hydrogen (secondary N) is 1. The van der Waals surface area contributed by atoms with Gasteiger partial charge < -0.3 is 15.0 Å². The molecule has 4 nitrogen and oxygen atoms in total. The van der Waals surface area contributed by atoms with E-state index in [0.717, 1.165) is 45.6 Å². The molecule has 1 saturated heterocycles. The van der Waals surface area contributed by atoms with Gasteiger partial charge in [-0.1, -0.05) is 0 Å². The van der Waals surface area contributed by atoms with Crippen LogP contribution in [0.2, 0.25) is 0 Å². The van der Waals surface area contributed by atoms with Crippen LogP contribution in [0.3, 0.4) is 0 Å². The smallest absolute Gasteiger partial charge is 0.239 e. The van der Waals surface area contributed by atoms with Gasteiger partial charge in [0.25, 0.3) is 0 Å². The predicted molar refractivity (Wildman–Crippen MR) is 59.8 cm³/mol. The summed E-state index contributed by atoms with van der Waals surface area (Å²) >= 11 is 0. The quantitative estimate of drug-likeness (QED) is 0.659. The number of amides is 1. The fourth-order valence-electron chi connectivity index (χ4n) is 1.93. The molecule has 1 atom stereocenters. The summed E-state index contributed by atoms with van der Waals surface area (Å²) < 4.78 is 5.26. The zero-order valence-electron chi connectivity index (χ0n) is 9.79. The average molecular weight is 214 g/mol. The molecule has 0 aromatic heterocycles. The number of carbonyl (C=O) groups excluding carboxylic acids is 1. The van der Waals surface area contributed by atoms with E-state index in [1.54, 1.807) is 0 Å². The molecule has 0 aliphatic carbocycles. The lowest BCUT2D eigenvalue weighted by molar-refractivity contribution is -0.136. The maximum absolute atomic E-state index is 11.8. The first-order valence-corrected chi connectivity index (χ1v) is 5.83. The summed E-state index contributed by atoms with van der Waals surface area (Å²) in [6, 6.07) is 0.0332. The van der Waals surface area contributed by atoms with E-state index in [0.29, 0.717) is 0 Å². The highest BCUT2D eigenvalue weighted by atomic mass is 16.5. The second-order valence-electron chi connectivity index (χ2n) is 3.86. The summed E-state index contributed by atoms with van der Waals surface area (Å²) in [5.41, 5.74) is 0. The third-order valence-corrected chi connectivity index (χ3v) is 2.80. The Morgan fingerprint density at radius 2 is 2.40 bits per heavy atom. The van der Waals surface area contributed by atoms with Crippen LogP contribution in [0.5, 0.6) is 0 Å². The number of ether oxygens (including phenoxy) is 1. The Labute approximate surface area is 92.0 Å². The number of hydrogen-bond donors (Lipinski definition) is 1. The number of likely N-dealkylation sites (N-methyl/N-ethyl adjacent to an activating group) is 1. The second kappa shape index (κ2) is 6.80. The van der Waals surface area contributed by atoms with Crippen molar-refractivity contribution in [3.05, 3.63) is 0 Å². The first kappa shape index (κ1) is 12.5. The maximum atomic E-state index is 11.8. The van der Waals surface area contributed by atoms with Gasteiger partial charge in [-0.2, -0.15) is 0 Å². The number of piperidine rings is 1. The Morgan fingerprint density at radius 3 is 3.07 bits per heavy atom. The summed E-state index contributed by atoms with van der Waals surface area (Å²) in [6.45, 7) is 5.24. The fourth-order valence-corrected chi connectivity index (χ4v) is 1.93. The van der Waals surface area contributed by atoms with Gasteiger partial charge in [-0.25, -0.2) is 0 Å². The van der Waals surface area contributed by atoms with Crippen molar-refractivity contribution >= 4 is 5.91 Å². The molecule has 0 bridgehead atoms. The van der Waals surface area contributed by atoms with Gasteiger partial charge in [0.2, 0.25) is 5.91 Å². The van der Waals surface area contributed by atoms with Crippen molar-refractivity contribution < 1.29 is 9.53 Å². The molecule has 4 heteroatoms. The number of nitrogens with zero attached hydrogens (tertiary/aromatic N) is 1. The molecule has 1 heterocycles. The van der Waals surface area contributed by atoms with Gasteiger partial charge >= 0.3 is 0 Å². The molecule has 1 rings (SSSR count). The number of rotatable bonds is 6. The average Bonchev–Trinajstić information content (AvgIpc) is 2.26. The summed E-state index contributed by atoms with van der Waals surface area (Å²) in [5, 5.41) is 3.06. The van der Waals surface area contributed by atoms with E-state index in [4.69, 9.17) is 4.74 Å². The summed E-state index contributed by atoms with van der Waals surface area (Å²) in [6.07, 6.45) is 3.01. The van der Waals surface area contributed by atoms with E-state index >= 15 is 0 Å². The highest BCUT2D eigenvalue weighted by Gasteiger charge is 2.26. The molecule has 1 aliphatic heterocycles. The zero-order chi connectivity index (χ0) is 11.1. The third kappa shape index (κ3) is 3.80. The molecule has 1 N–H and O–H groups in total. The van der Waals surface area contributed by atoms with E-state index in [9.17, 15) is 4.79 Å². The van der Waals surface area contributed by atoms with Crippen molar-refractivity contribution in [2.75, 3.05) is 33.4 Å². The van der Waals surface area contributed by atoms with Gasteiger partial charge in [-0.05, 0) is 33.2 Å². The lowest BCUT2D eigenvalue weighted by Gasteiger charge is -2.32. The van der Waals surface area contributed by atoms with Crippen LogP contribution in [0.15, 0.2) is 0 Å². The predicted octanol–water partition coefficient (Wildman–Crippen LogP) is 0.623. The Hall–Kier alpha value is -0.610. The van der Waals surface area contributed by atoms with E-state index in [1.807, 2.05) is 18.9 Å². The monoisotopic (exact) mass is 214 g/mol. The van der Waals surface area contributed by atoms with Crippen molar-refractivity contribution in [1.82, 2.24) is 10.2 Å². The molecular formula is C11H22N2O2. The van der Waals surface area contributed by atoms with E-state index < -0.39 is 0 Å². The second-order valence-corrected chi connectivity index (χ2v) is 3.86. The maximum Gasteiger partial charge on any atom is 0.239 e. The molecule has 1 unspecified atom stereocenters. The van der Waals surface area contributed by atoms with Crippen LogP contribution < -0.4 is 5.32 Å². The molecule has 0 radical (unpaired) electrons. The molecule has 1 amide bonds. The largest absolute Gasteiger partial charge is 0.382 e. The summed E-state index contributed by atoms with van der Waals surface area (Å²) in [5.74, 6) is 0.250. The third-order valence-electron chi connectivity index (χ3n) is 2.80. The van der Waals surface area contributed by atoms with Crippen LogP contribution in [0.25, 0.3) is 0 Å². The van der Waals surface area contributed by atoms with Crippen LogP contribution >= 0.6 is 0 Å². The van der Waals surface area contributed by atoms with Crippen LogP contribution in [-0.4, -0.2) is 50.2 Å². The van der Waals surface area contributed by atoms with Gasteiger partial charge in [0, 0.05) is 26.3 Å². The van der Waals surface area contributed by atoms with E-state index in [2.05, 4.69) is 5.32 Å². The highest BCUT2D eigenvalue weighted by molar-refractivity contribution is 5.82. The molecule has 0 spiro atoms. The first-order valence-electron chi connectivity index (χ1n) is 5.83. The minimum Gasteiger partial charge on any atom is -0.382 e. The van der Waals surface area contributed by atoms with Crippen molar-refractivity contribution in [3.8, 4) is 0 Å². The molecule has 0 saturated carbocycles. The van der Waals surface area contributed by atoms with Gasteiger partial charge in [-0.15, -0.1) is 0 Å². The lowest BCUT2D eigenvalue weighted by Crippen LogP contribution is -2.49. The summed E-state index contributed by atoms with van der Waals surface area (Å²) in [7, 11) is 1.85. The van der Waals surface area contributed by atoms with Crippen molar-refractivity contribution in [2.24, 2.45) is 0 Å². The standard InChI is InChI=1S/C11H22N2O2/c1-3-15-9-5-8-13-7-4-6-10(12-2)11(13)14/h10,12H,3-9H2,1-2H3. The molecular weight excluding hydrogens is 192 g/mol. The first-order chi connectivity index (χ1) is 7.29. The molecule has 1 fully saturated rings. The van der Waals surface area contributed by atoms with Crippen molar-refractivity contribution in [3.63, 3.8) is 0 Å². The SMILES string of the molecule is CCOCCCN1CCCC(NC)C1=O. The van der Waals surface area contributed by atoms with Crippen LogP contribution in [0.1, 0.15) is 26.2 Å². The van der Waals surface area contributed by atoms with Crippen LogP contribution in [-0.2, 0) is 9.53 Å². The topological polar surface area (TPSA) is 41.6 Å². The fraction of sp³-hybridized carbons (Fsp3) is 0.909. The van der Waals surface area contributed by atoms with Gasteiger partial charge in [0.15, 0.2) is 0 Å². The molecule has 15 heavy (non-hydrogen) atoms. The van der Waals surface area contributed by atoms with Crippen molar-refractivity contribution in [1.29, 1.82) is 0 Å². The van der Waals surface area contributed by atoms with Crippen molar-refractivity contribution in [2.45, 2.75) is 32.2 Å². The minimum atomic E-state index is 0.0332. The van der Waals surface area contributed by atoms with Crippen LogP contribution in [0.4, 0.5) is 0 Å². The summed E-state index contributed by atoms with van der Waals surface area (Å²) in [4.78, 5) is 13.8. The molecule has 0 aromatic carbocycles. The highest BCUT2D eigenvalue weighted by Crippen LogP contribution is 2.11. The Balaban J connectivity index is 2.24. The van der Waals surface area contributed by atoms with Gasteiger partial charge in [0.1, 0.15) is 0 Å².